The second-order valence-electron chi connectivity index (χ2n) is 6.72. The highest BCUT2D eigenvalue weighted by molar-refractivity contribution is 5.74. The highest BCUT2D eigenvalue weighted by Gasteiger charge is 2.47. The second kappa shape index (κ2) is 5.47. The monoisotopic (exact) mass is 284 g/mol. The standard InChI is InChI=1S/C15H24O5/c1-8-10-4-15(2,7-17)5-11(10)12(6-16)9(14(19)20)3-13(8)18/h8-10,13,16-18H,3-7H2,1-2H3,(H,19,20)/t8-,9+,10-,13-,15+/m1/s1. The molecule has 1 saturated carbocycles. The minimum absolute atomic E-state index is 0.0340. The van der Waals surface area contributed by atoms with Gasteiger partial charge in [-0.3, -0.25) is 4.79 Å². The molecule has 114 valence electrons. The maximum absolute atomic E-state index is 11.4. The van der Waals surface area contributed by atoms with Gasteiger partial charge in [-0.25, -0.2) is 0 Å². The van der Waals surface area contributed by atoms with Crippen molar-refractivity contribution in [2.45, 2.75) is 39.2 Å². The van der Waals surface area contributed by atoms with Crippen LogP contribution >= 0.6 is 0 Å². The summed E-state index contributed by atoms with van der Waals surface area (Å²) in [7, 11) is 0. The minimum Gasteiger partial charge on any atom is -0.481 e. The first kappa shape index (κ1) is 15.5. The normalized spacial score (nSPS) is 41.5. The Morgan fingerprint density at radius 1 is 1.40 bits per heavy atom. The van der Waals surface area contributed by atoms with Crippen LogP contribution < -0.4 is 0 Å². The summed E-state index contributed by atoms with van der Waals surface area (Å²) in [5, 5.41) is 38.8. The number of hydrogen-bond donors (Lipinski definition) is 4. The molecule has 2 aliphatic carbocycles. The number of allylic oxidation sites excluding steroid dienone is 1. The number of carboxylic acids is 1. The molecule has 5 heteroatoms. The summed E-state index contributed by atoms with van der Waals surface area (Å²) in [6.07, 6.45) is 0.793. The molecule has 0 amide bonds. The summed E-state index contributed by atoms with van der Waals surface area (Å²) < 4.78 is 0. The number of carboxylic acid groups (broad SMARTS) is 1. The van der Waals surface area contributed by atoms with Crippen LogP contribution in [0.15, 0.2) is 11.1 Å². The van der Waals surface area contributed by atoms with E-state index in [-0.39, 0.29) is 36.9 Å². The molecule has 1 fully saturated rings. The summed E-state index contributed by atoms with van der Waals surface area (Å²) in [5.74, 6) is -1.82. The van der Waals surface area contributed by atoms with E-state index in [0.29, 0.717) is 12.0 Å². The molecule has 0 aliphatic heterocycles. The van der Waals surface area contributed by atoms with E-state index in [9.17, 15) is 25.2 Å². The van der Waals surface area contributed by atoms with Gasteiger partial charge in [0.1, 0.15) is 0 Å². The molecule has 5 nitrogen and oxygen atoms in total. The Morgan fingerprint density at radius 3 is 2.55 bits per heavy atom. The van der Waals surface area contributed by atoms with Gasteiger partial charge in [0.2, 0.25) is 0 Å². The lowest BCUT2D eigenvalue weighted by Gasteiger charge is -2.26. The number of aliphatic hydroxyl groups is 3. The first-order valence-corrected chi connectivity index (χ1v) is 7.17. The summed E-state index contributed by atoms with van der Waals surface area (Å²) in [6, 6.07) is 0. The Bertz CT molecular complexity index is 430. The number of aliphatic carboxylic acids is 1. The largest absolute Gasteiger partial charge is 0.481 e. The summed E-state index contributed by atoms with van der Waals surface area (Å²) in [5.41, 5.74) is 1.21. The molecular formula is C15H24O5. The molecule has 0 aromatic heterocycles. The Labute approximate surface area is 118 Å². The molecule has 0 heterocycles. The van der Waals surface area contributed by atoms with Crippen molar-refractivity contribution in [1.82, 2.24) is 0 Å². The molecule has 0 aromatic rings. The number of carbonyl (C=O) groups is 1. The first-order chi connectivity index (χ1) is 9.33. The van der Waals surface area contributed by atoms with E-state index in [2.05, 4.69) is 0 Å². The predicted octanol–water partition coefficient (Wildman–Crippen LogP) is 0.785. The molecule has 0 aromatic carbocycles. The van der Waals surface area contributed by atoms with Crippen LogP contribution in [-0.2, 0) is 4.79 Å². The van der Waals surface area contributed by atoms with Crippen LogP contribution in [0.4, 0.5) is 0 Å². The van der Waals surface area contributed by atoms with Gasteiger partial charge in [-0.05, 0) is 42.1 Å². The molecule has 2 aliphatic rings. The van der Waals surface area contributed by atoms with Gasteiger partial charge < -0.3 is 20.4 Å². The Kier molecular flexibility index (Phi) is 4.23. The van der Waals surface area contributed by atoms with E-state index in [1.54, 1.807) is 0 Å². The first-order valence-electron chi connectivity index (χ1n) is 7.17. The van der Waals surface area contributed by atoms with E-state index < -0.39 is 18.0 Å². The average Bonchev–Trinajstić information content (AvgIpc) is 2.71. The summed E-state index contributed by atoms with van der Waals surface area (Å²) in [6.45, 7) is 3.64. The van der Waals surface area contributed by atoms with Crippen LogP contribution in [0, 0.1) is 23.2 Å². The van der Waals surface area contributed by atoms with Crippen molar-refractivity contribution < 1.29 is 25.2 Å². The molecule has 5 atom stereocenters. The zero-order chi connectivity index (χ0) is 15.1. The van der Waals surface area contributed by atoms with Gasteiger partial charge in [0.25, 0.3) is 0 Å². The number of aliphatic hydroxyl groups excluding tert-OH is 3. The number of fused-ring (bicyclic) bond motifs is 1. The smallest absolute Gasteiger partial charge is 0.310 e. The van der Waals surface area contributed by atoms with Crippen molar-refractivity contribution in [3.05, 3.63) is 11.1 Å². The molecule has 20 heavy (non-hydrogen) atoms. The maximum Gasteiger partial charge on any atom is 0.310 e. The molecular weight excluding hydrogens is 260 g/mol. The molecule has 4 N–H and O–H groups in total. The third-order valence-electron chi connectivity index (χ3n) is 5.18. The molecule has 0 spiro atoms. The van der Waals surface area contributed by atoms with Crippen molar-refractivity contribution in [1.29, 1.82) is 0 Å². The van der Waals surface area contributed by atoms with Gasteiger partial charge in [-0.15, -0.1) is 0 Å². The minimum atomic E-state index is -0.994. The third kappa shape index (κ3) is 2.50. The van der Waals surface area contributed by atoms with Crippen LogP contribution in [0.3, 0.4) is 0 Å². The lowest BCUT2D eigenvalue weighted by atomic mass is 9.82. The van der Waals surface area contributed by atoms with Crippen molar-refractivity contribution in [2.24, 2.45) is 23.2 Å². The van der Waals surface area contributed by atoms with Crippen LogP contribution in [0.2, 0.25) is 0 Å². The summed E-state index contributed by atoms with van der Waals surface area (Å²) >= 11 is 0. The Morgan fingerprint density at radius 2 is 2.05 bits per heavy atom. The maximum atomic E-state index is 11.4. The van der Waals surface area contributed by atoms with E-state index in [1.807, 2.05) is 13.8 Å². The highest BCUT2D eigenvalue weighted by atomic mass is 16.4. The van der Waals surface area contributed by atoms with Crippen LogP contribution in [0.25, 0.3) is 0 Å². The van der Waals surface area contributed by atoms with Crippen molar-refractivity contribution in [2.75, 3.05) is 13.2 Å². The molecule has 0 bridgehead atoms. The fraction of sp³-hybridized carbons (Fsp3) is 0.800. The predicted molar refractivity (Wildman–Crippen MR) is 72.9 cm³/mol. The zero-order valence-corrected chi connectivity index (χ0v) is 12.0. The van der Waals surface area contributed by atoms with Crippen molar-refractivity contribution in [3.63, 3.8) is 0 Å². The fourth-order valence-corrected chi connectivity index (χ4v) is 3.84. The highest BCUT2D eigenvalue weighted by Crippen LogP contribution is 2.52. The van der Waals surface area contributed by atoms with Crippen LogP contribution in [-0.4, -0.2) is 45.7 Å². The topological polar surface area (TPSA) is 98.0 Å². The zero-order valence-electron chi connectivity index (χ0n) is 12.0. The number of rotatable bonds is 3. The second-order valence-corrected chi connectivity index (χ2v) is 6.72. The molecule has 2 rings (SSSR count). The van der Waals surface area contributed by atoms with Gasteiger partial charge in [0.15, 0.2) is 0 Å². The van der Waals surface area contributed by atoms with Gasteiger partial charge in [0, 0.05) is 6.61 Å². The van der Waals surface area contributed by atoms with E-state index in [4.69, 9.17) is 0 Å². The third-order valence-corrected chi connectivity index (χ3v) is 5.18. The average molecular weight is 284 g/mol. The van der Waals surface area contributed by atoms with Crippen LogP contribution in [0.5, 0.6) is 0 Å². The lowest BCUT2D eigenvalue weighted by Crippen LogP contribution is -2.28. The Hall–Kier alpha value is -0.910. The van der Waals surface area contributed by atoms with Gasteiger partial charge in [-0.1, -0.05) is 19.4 Å². The molecule has 0 unspecified atom stereocenters. The Balaban J connectivity index is 2.49. The van der Waals surface area contributed by atoms with Gasteiger partial charge in [-0.2, -0.15) is 0 Å². The van der Waals surface area contributed by atoms with Crippen molar-refractivity contribution >= 4 is 5.97 Å². The number of hydrogen-bond acceptors (Lipinski definition) is 4. The molecule has 0 radical (unpaired) electrons. The van der Waals surface area contributed by atoms with Crippen LogP contribution in [0.1, 0.15) is 33.1 Å². The quantitative estimate of drug-likeness (QED) is 0.574. The van der Waals surface area contributed by atoms with Crippen molar-refractivity contribution in [3.8, 4) is 0 Å². The molecule has 0 saturated heterocycles. The van der Waals surface area contributed by atoms with Gasteiger partial charge >= 0.3 is 5.97 Å². The SMILES string of the molecule is C[C@H]1[C@H](O)C[C@H](C(=O)O)C(CO)=C2C[C@@](C)(CO)C[C@@H]21. The lowest BCUT2D eigenvalue weighted by molar-refractivity contribution is -0.141. The van der Waals surface area contributed by atoms with E-state index >= 15 is 0 Å². The van der Waals surface area contributed by atoms with E-state index in [1.165, 1.54) is 0 Å². The van der Waals surface area contributed by atoms with Gasteiger partial charge in [0.05, 0.1) is 18.6 Å². The fourth-order valence-electron chi connectivity index (χ4n) is 3.84. The van der Waals surface area contributed by atoms with E-state index in [0.717, 1.165) is 12.0 Å². The summed E-state index contributed by atoms with van der Waals surface area (Å²) in [4.78, 5) is 11.4.